The van der Waals surface area contributed by atoms with Crippen molar-refractivity contribution < 1.29 is 9.53 Å². The maximum Gasteiger partial charge on any atom is 0.249 e. The maximum atomic E-state index is 12.3. The Hall–Kier alpha value is -1.59. The third-order valence-electron chi connectivity index (χ3n) is 5.20. The van der Waals surface area contributed by atoms with E-state index >= 15 is 0 Å². The van der Waals surface area contributed by atoms with Gasteiger partial charge in [-0.15, -0.1) is 0 Å². The molecule has 2 fully saturated rings. The molecule has 2 aliphatic rings. The summed E-state index contributed by atoms with van der Waals surface area (Å²) in [6.07, 6.45) is 5.73. The molecule has 1 amide bonds. The van der Waals surface area contributed by atoms with Crippen molar-refractivity contribution in [1.29, 1.82) is 0 Å². The summed E-state index contributed by atoms with van der Waals surface area (Å²) < 4.78 is 5.48. The van der Waals surface area contributed by atoms with Crippen LogP contribution in [0.25, 0.3) is 10.9 Å². The van der Waals surface area contributed by atoms with Gasteiger partial charge in [-0.25, -0.2) is 0 Å². The molecule has 0 bridgehead atoms. The first-order valence-corrected chi connectivity index (χ1v) is 9.14. The van der Waals surface area contributed by atoms with Gasteiger partial charge in [-0.3, -0.25) is 9.89 Å². The van der Waals surface area contributed by atoms with Gasteiger partial charge in [-0.1, -0.05) is 18.0 Å². The average Bonchev–Trinajstić information content (AvgIpc) is 3.24. The number of halogens is 1. The molecule has 0 spiro atoms. The zero-order valence-corrected chi connectivity index (χ0v) is 14.3. The van der Waals surface area contributed by atoms with Gasteiger partial charge < -0.3 is 10.1 Å². The SMILES string of the molecule is O=C(N[C@H]1CCC[C@@H](c2[nH]nc3ccc(Cl)cc23)C1)[C@@H]1CCCO1. The van der Waals surface area contributed by atoms with E-state index in [0.29, 0.717) is 12.5 Å². The third-order valence-corrected chi connectivity index (χ3v) is 5.43. The summed E-state index contributed by atoms with van der Waals surface area (Å²) in [5.74, 6) is 0.424. The van der Waals surface area contributed by atoms with Crippen LogP contribution in [-0.2, 0) is 9.53 Å². The standard InChI is InChI=1S/C18H22ClN3O2/c19-12-6-7-15-14(10-12)17(22-21-15)11-3-1-4-13(9-11)20-18(23)16-5-2-8-24-16/h6-7,10-11,13,16H,1-5,8-9H2,(H,20,23)(H,21,22)/t11-,13+,16+/m1/s1. The topological polar surface area (TPSA) is 67.0 Å². The van der Waals surface area contributed by atoms with Gasteiger partial charge in [0.05, 0.1) is 5.52 Å². The number of carbonyl (C=O) groups is 1. The van der Waals surface area contributed by atoms with Gasteiger partial charge >= 0.3 is 0 Å². The molecule has 2 heterocycles. The number of ether oxygens (including phenoxy) is 1. The summed E-state index contributed by atoms with van der Waals surface area (Å²) in [4.78, 5) is 12.3. The molecule has 1 saturated carbocycles. The minimum absolute atomic E-state index is 0.0515. The fourth-order valence-corrected chi connectivity index (χ4v) is 4.15. The Labute approximate surface area is 146 Å². The largest absolute Gasteiger partial charge is 0.368 e. The van der Waals surface area contributed by atoms with Crippen LogP contribution in [0.5, 0.6) is 0 Å². The summed E-state index contributed by atoms with van der Waals surface area (Å²) in [5.41, 5.74) is 2.09. The van der Waals surface area contributed by atoms with E-state index in [-0.39, 0.29) is 18.1 Å². The number of hydrogen-bond donors (Lipinski definition) is 2. The van der Waals surface area contributed by atoms with Crippen LogP contribution in [0, 0.1) is 0 Å². The normalized spacial score (nSPS) is 27.5. The number of benzene rings is 1. The van der Waals surface area contributed by atoms with Gasteiger partial charge in [0.2, 0.25) is 5.91 Å². The molecule has 1 aromatic heterocycles. The molecule has 1 aromatic carbocycles. The molecule has 1 saturated heterocycles. The van der Waals surface area contributed by atoms with E-state index in [9.17, 15) is 4.79 Å². The lowest BCUT2D eigenvalue weighted by molar-refractivity contribution is -0.131. The fourth-order valence-electron chi connectivity index (χ4n) is 3.98. The number of rotatable bonds is 3. The van der Waals surface area contributed by atoms with Crippen LogP contribution in [0.2, 0.25) is 5.02 Å². The molecule has 2 aromatic rings. The Morgan fingerprint density at radius 1 is 1.29 bits per heavy atom. The molecule has 0 radical (unpaired) electrons. The molecule has 3 atom stereocenters. The molecule has 5 nitrogen and oxygen atoms in total. The molecule has 4 rings (SSSR count). The Morgan fingerprint density at radius 3 is 3.04 bits per heavy atom. The summed E-state index contributed by atoms with van der Waals surface area (Å²) in [6, 6.07) is 5.99. The van der Waals surface area contributed by atoms with Crippen LogP contribution >= 0.6 is 11.6 Å². The average molecular weight is 348 g/mol. The van der Waals surface area contributed by atoms with Gasteiger partial charge in [-0.05, 0) is 50.3 Å². The lowest BCUT2D eigenvalue weighted by Gasteiger charge is -2.30. The summed E-state index contributed by atoms with van der Waals surface area (Å²) in [7, 11) is 0. The fraction of sp³-hybridized carbons (Fsp3) is 0.556. The van der Waals surface area contributed by atoms with E-state index in [2.05, 4.69) is 15.5 Å². The van der Waals surface area contributed by atoms with E-state index in [1.165, 1.54) is 0 Å². The summed E-state index contributed by atoms with van der Waals surface area (Å²) in [6.45, 7) is 0.701. The van der Waals surface area contributed by atoms with Crippen LogP contribution < -0.4 is 5.32 Å². The second kappa shape index (κ2) is 6.73. The highest BCUT2D eigenvalue weighted by atomic mass is 35.5. The number of nitrogens with zero attached hydrogens (tertiary/aromatic N) is 1. The Morgan fingerprint density at radius 2 is 2.21 bits per heavy atom. The van der Waals surface area contributed by atoms with Crippen molar-refractivity contribution in [3.05, 3.63) is 28.9 Å². The maximum absolute atomic E-state index is 12.3. The molecule has 24 heavy (non-hydrogen) atoms. The minimum Gasteiger partial charge on any atom is -0.368 e. The van der Waals surface area contributed by atoms with Crippen molar-refractivity contribution in [2.24, 2.45) is 0 Å². The zero-order valence-electron chi connectivity index (χ0n) is 13.6. The van der Waals surface area contributed by atoms with Gasteiger partial charge in [0, 0.05) is 34.7 Å². The zero-order chi connectivity index (χ0) is 16.5. The van der Waals surface area contributed by atoms with Gasteiger partial charge in [0.25, 0.3) is 0 Å². The van der Waals surface area contributed by atoms with Crippen molar-refractivity contribution in [3.63, 3.8) is 0 Å². The third kappa shape index (κ3) is 3.15. The van der Waals surface area contributed by atoms with Crippen molar-refractivity contribution >= 4 is 28.4 Å². The highest BCUT2D eigenvalue weighted by Gasteiger charge is 2.30. The number of H-pyrrole nitrogens is 1. The monoisotopic (exact) mass is 347 g/mol. The second-order valence-corrected chi connectivity index (χ2v) is 7.31. The van der Waals surface area contributed by atoms with Crippen LogP contribution in [0.15, 0.2) is 18.2 Å². The van der Waals surface area contributed by atoms with E-state index < -0.39 is 0 Å². The van der Waals surface area contributed by atoms with E-state index in [4.69, 9.17) is 16.3 Å². The van der Waals surface area contributed by atoms with Crippen molar-refractivity contribution in [2.45, 2.75) is 56.6 Å². The number of aromatic nitrogens is 2. The lowest BCUT2D eigenvalue weighted by Crippen LogP contribution is -2.43. The number of hydrogen-bond acceptors (Lipinski definition) is 3. The van der Waals surface area contributed by atoms with E-state index in [1.807, 2.05) is 18.2 Å². The number of carbonyl (C=O) groups excluding carboxylic acids is 1. The molecule has 2 N–H and O–H groups in total. The lowest BCUT2D eigenvalue weighted by atomic mass is 9.82. The van der Waals surface area contributed by atoms with Crippen LogP contribution in [0.1, 0.15) is 50.1 Å². The van der Waals surface area contributed by atoms with Gasteiger partial charge in [0.15, 0.2) is 0 Å². The number of fused-ring (bicyclic) bond motifs is 1. The summed E-state index contributed by atoms with van der Waals surface area (Å²) >= 11 is 6.14. The van der Waals surface area contributed by atoms with Crippen molar-refractivity contribution in [1.82, 2.24) is 15.5 Å². The first kappa shape index (κ1) is 15.9. The van der Waals surface area contributed by atoms with Crippen molar-refractivity contribution in [3.8, 4) is 0 Å². The molecule has 1 aliphatic carbocycles. The predicted molar refractivity (Wildman–Crippen MR) is 93.2 cm³/mol. The van der Waals surface area contributed by atoms with Crippen LogP contribution in [-0.4, -0.2) is 34.9 Å². The molecule has 1 aliphatic heterocycles. The predicted octanol–water partition coefficient (Wildman–Crippen LogP) is 3.54. The quantitative estimate of drug-likeness (QED) is 0.892. The van der Waals surface area contributed by atoms with E-state index in [0.717, 1.165) is 60.1 Å². The molecule has 0 unspecified atom stereocenters. The molecular formula is C18H22ClN3O2. The highest BCUT2D eigenvalue weighted by Crippen LogP contribution is 2.36. The highest BCUT2D eigenvalue weighted by molar-refractivity contribution is 6.31. The molecule has 6 heteroatoms. The van der Waals surface area contributed by atoms with E-state index in [1.54, 1.807) is 0 Å². The van der Waals surface area contributed by atoms with Crippen molar-refractivity contribution in [2.75, 3.05) is 6.61 Å². The van der Waals surface area contributed by atoms with Crippen LogP contribution in [0.3, 0.4) is 0 Å². The first-order valence-electron chi connectivity index (χ1n) is 8.76. The minimum atomic E-state index is -0.253. The number of nitrogens with one attached hydrogen (secondary N) is 2. The number of aromatic amines is 1. The molecular weight excluding hydrogens is 326 g/mol. The Kier molecular flexibility index (Phi) is 4.46. The Balaban J connectivity index is 1.47. The van der Waals surface area contributed by atoms with Gasteiger partial charge in [0.1, 0.15) is 6.10 Å². The summed E-state index contributed by atoms with van der Waals surface area (Å²) in [5, 5.41) is 12.6. The molecule has 128 valence electrons. The second-order valence-electron chi connectivity index (χ2n) is 6.87. The number of amides is 1. The smallest absolute Gasteiger partial charge is 0.249 e. The van der Waals surface area contributed by atoms with Gasteiger partial charge in [-0.2, -0.15) is 5.10 Å². The van der Waals surface area contributed by atoms with Crippen LogP contribution in [0.4, 0.5) is 0 Å². The Bertz CT molecular complexity index is 739. The first-order chi connectivity index (χ1) is 11.7.